The summed E-state index contributed by atoms with van der Waals surface area (Å²) in [5.74, 6) is 0.181. The van der Waals surface area contributed by atoms with Crippen molar-refractivity contribution in [3.63, 3.8) is 0 Å². The predicted octanol–water partition coefficient (Wildman–Crippen LogP) is 4.29. The van der Waals surface area contributed by atoms with Crippen molar-refractivity contribution in [2.24, 2.45) is 0 Å². The topological polar surface area (TPSA) is 97.1 Å². The Morgan fingerprint density at radius 3 is 2.50 bits per heavy atom. The van der Waals surface area contributed by atoms with Gasteiger partial charge in [-0.25, -0.2) is 9.97 Å². The number of anilines is 2. The van der Waals surface area contributed by atoms with Crippen LogP contribution in [0.15, 0.2) is 63.9 Å². The number of furan rings is 1. The average molecular weight is 410 g/mol. The summed E-state index contributed by atoms with van der Waals surface area (Å²) in [5, 5.41) is 9.99. The normalized spacial score (nSPS) is 10.6. The molecule has 1 aromatic carbocycles. The number of rotatable bonds is 6. The molecular formula is C19H14N4O3S2. The molecule has 0 radical (unpaired) electrons. The van der Waals surface area contributed by atoms with Crippen molar-refractivity contribution in [3.05, 3.63) is 70.7 Å². The minimum atomic E-state index is -0.237. The van der Waals surface area contributed by atoms with Gasteiger partial charge in [-0.15, -0.1) is 22.7 Å². The maximum absolute atomic E-state index is 12.2. The van der Waals surface area contributed by atoms with Crippen LogP contribution in [0.4, 0.5) is 10.3 Å². The molecule has 0 unspecified atom stereocenters. The van der Waals surface area contributed by atoms with Crippen LogP contribution in [-0.2, 0) is 11.2 Å². The molecule has 3 heterocycles. The van der Waals surface area contributed by atoms with Crippen molar-refractivity contribution < 1.29 is 14.0 Å². The quantitative estimate of drug-likeness (QED) is 0.494. The van der Waals surface area contributed by atoms with Gasteiger partial charge in [-0.1, -0.05) is 18.2 Å². The molecule has 2 amide bonds. The Balaban J connectivity index is 1.33. The van der Waals surface area contributed by atoms with Gasteiger partial charge in [-0.05, 0) is 24.3 Å². The van der Waals surface area contributed by atoms with E-state index in [-0.39, 0.29) is 18.2 Å². The van der Waals surface area contributed by atoms with E-state index in [0.29, 0.717) is 33.0 Å². The van der Waals surface area contributed by atoms with Crippen LogP contribution in [0.1, 0.15) is 16.1 Å². The first-order chi connectivity index (χ1) is 13.7. The zero-order chi connectivity index (χ0) is 19.3. The monoisotopic (exact) mass is 410 g/mol. The van der Waals surface area contributed by atoms with E-state index >= 15 is 0 Å². The van der Waals surface area contributed by atoms with E-state index in [1.165, 1.54) is 22.7 Å². The minimum Gasteiger partial charge on any atom is -0.463 e. The molecule has 0 aliphatic carbocycles. The first kappa shape index (κ1) is 18.1. The number of hydrogen-bond donors (Lipinski definition) is 2. The second-order valence-corrected chi connectivity index (χ2v) is 7.42. The second kappa shape index (κ2) is 8.15. The minimum absolute atomic E-state index is 0.0906. The number of carbonyl (C=O) groups is 2. The lowest BCUT2D eigenvalue weighted by Crippen LogP contribution is -2.15. The van der Waals surface area contributed by atoms with Crippen molar-refractivity contribution in [1.29, 1.82) is 0 Å². The lowest BCUT2D eigenvalue weighted by molar-refractivity contribution is -0.115. The van der Waals surface area contributed by atoms with Crippen LogP contribution in [0.25, 0.3) is 11.5 Å². The number of hydrogen-bond acceptors (Lipinski definition) is 7. The van der Waals surface area contributed by atoms with Crippen molar-refractivity contribution in [3.8, 4) is 11.5 Å². The Bertz CT molecular complexity index is 1090. The Morgan fingerprint density at radius 1 is 0.929 bits per heavy atom. The van der Waals surface area contributed by atoms with Gasteiger partial charge < -0.3 is 9.73 Å². The fourth-order valence-corrected chi connectivity index (χ4v) is 3.82. The summed E-state index contributed by atoms with van der Waals surface area (Å²) in [5.41, 5.74) is 1.80. The molecule has 9 heteroatoms. The molecule has 0 spiro atoms. The Labute approximate surface area is 168 Å². The molecule has 0 fully saturated rings. The van der Waals surface area contributed by atoms with E-state index in [9.17, 15) is 9.59 Å². The Morgan fingerprint density at radius 2 is 1.71 bits per heavy atom. The molecule has 0 saturated carbocycles. The molecule has 0 aliphatic heterocycles. The molecule has 3 aromatic heterocycles. The number of thiazole rings is 2. The SMILES string of the molecule is O=C(Cc1csc(NC(=O)c2ccccc2)n1)Nc1nc(-c2ccco2)cs1. The van der Waals surface area contributed by atoms with Gasteiger partial charge in [-0.3, -0.25) is 14.9 Å². The third-order valence-electron chi connectivity index (χ3n) is 3.67. The predicted molar refractivity (Wildman–Crippen MR) is 109 cm³/mol. The maximum Gasteiger partial charge on any atom is 0.257 e. The Hall–Kier alpha value is -3.30. The van der Waals surface area contributed by atoms with E-state index in [0.717, 1.165) is 0 Å². The summed E-state index contributed by atoms with van der Waals surface area (Å²) in [4.78, 5) is 33.0. The number of amides is 2. The third-order valence-corrected chi connectivity index (χ3v) is 5.24. The lowest BCUT2D eigenvalue weighted by Gasteiger charge is -2.01. The van der Waals surface area contributed by atoms with Gasteiger partial charge >= 0.3 is 0 Å². The molecular weight excluding hydrogens is 396 g/mol. The zero-order valence-electron chi connectivity index (χ0n) is 14.4. The number of benzene rings is 1. The van der Waals surface area contributed by atoms with E-state index in [4.69, 9.17) is 4.42 Å². The van der Waals surface area contributed by atoms with Gasteiger partial charge in [0.25, 0.3) is 5.91 Å². The highest BCUT2D eigenvalue weighted by Crippen LogP contribution is 2.25. The number of aromatic nitrogens is 2. The zero-order valence-corrected chi connectivity index (χ0v) is 16.0. The van der Waals surface area contributed by atoms with E-state index in [1.807, 2.05) is 11.4 Å². The third kappa shape index (κ3) is 4.33. The van der Waals surface area contributed by atoms with Crippen LogP contribution in [-0.4, -0.2) is 21.8 Å². The van der Waals surface area contributed by atoms with Crippen molar-refractivity contribution >= 4 is 44.8 Å². The summed E-state index contributed by atoms with van der Waals surface area (Å²) in [6, 6.07) is 12.5. The van der Waals surface area contributed by atoms with Crippen LogP contribution in [0.2, 0.25) is 0 Å². The standard InChI is InChI=1S/C19H14N4O3S2/c24-16(22-19-21-14(11-28-19)15-7-4-8-26-15)9-13-10-27-18(20-13)23-17(25)12-5-2-1-3-6-12/h1-8,10-11H,9H2,(H,20,23,25)(H,21,22,24). The largest absolute Gasteiger partial charge is 0.463 e. The summed E-state index contributed by atoms with van der Waals surface area (Å²) < 4.78 is 5.29. The van der Waals surface area contributed by atoms with Crippen LogP contribution < -0.4 is 10.6 Å². The van der Waals surface area contributed by atoms with Gasteiger partial charge in [0, 0.05) is 16.3 Å². The summed E-state index contributed by atoms with van der Waals surface area (Å²) >= 11 is 2.59. The van der Waals surface area contributed by atoms with E-state index in [2.05, 4.69) is 20.6 Å². The average Bonchev–Trinajstić information content (AvgIpc) is 3.44. The summed E-state index contributed by atoms with van der Waals surface area (Å²) in [7, 11) is 0. The van der Waals surface area contributed by atoms with Gasteiger partial charge in [0.1, 0.15) is 5.69 Å². The molecule has 0 bridgehead atoms. The Kier molecular flexibility index (Phi) is 5.27. The highest BCUT2D eigenvalue weighted by molar-refractivity contribution is 7.14. The number of nitrogens with one attached hydrogen (secondary N) is 2. The van der Waals surface area contributed by atoms with Crippen LogP contribution >= 0.6 is 22.7 Å². The number of nitrogens with zero attached hydrogens (tertiary/aromatic N) is 2. The molecule has 28 heavy (non-hydrogen) atoms. The molecule has 4 aromatic rings. The first-order valence-corrected chi connectivity index (χ1v) is 10.0. The fourth-order valence-electron chi connectivity index (χ4n) is 2.40. The first-order valence-electron chi connectivity index (χ1n) is 8.27. The molecule has 2 N–H and O–H groups in total. The van der Waals surface area contributed by atoms with Crippen LogP contribution in [0.3, 0.4) is 0 Å². The van der Waals surface area contributed by atoms with Crippen molar-refractivity contribution in [2.75, 3.05) is 10.6 Å². The van der Waals surface area contributed by atoms with Crippen molar-refractivity contribution in [2.45, 2.75) is 6.42 Å². The highest BCUT2D eigenvalue weighted by Gasteiger charge is 2.13. The molecule has 0 aliphatic rings. The maximum atomic E-state index is 12.2. The molecule has 7 nitrogen and oxygen atoms in total. The smallest absolute Gasteiger partial charge is 0.257 e. The molecule has 0 saturated heterocycles. The van der Waals surface area contributed by atoms with Gasteiger partial charge in [0.2, 0.25) is 5.91 Å². The van der Waals surface area contributed by atoms with Crippen LogP contribution in [0, 0.1) is 0 Å². The molecule has 4 rings (SSSR count). The fraction of sp³-hybridized carbons (Fsp3) is 0.0526. The molecule has 0 atom stereocenters. The van der Waals surface area contributed by atoms with E-state index < -0.39 is 0 Å². The van der Waals surface area contributed by atoms with Crippen LogP contribution in [0.5, 0.6) is 0 Å². The van der Waals surface area contributed by atoms with Gasteiger partial charge in [0.15, 0.2) is 16.0 Å². The summed E-state index contributed by atoms with van der Waals surface area (Å²) in [6.45, 7) is 0. The lowest BCUT2D eigenvalue weighted by atomic mass is 10.2. The van der Waals surface area contributed by atoms with E-state index in [1.54, 1.807) is 48.0 Å². The second-order valence-electron chi connectivity index (χ2n) is 5.70. The highest BCUT2D eigenvalue weighted by atomic mass is 32.1. The summed E-state index contributed by atoms with van der Waals surface area (Å²) in [6.07, 6.45) is 1.66. The molecule has 140 valence electrons. The van der Waals surface area contributed by atoms with Crippen molar-refractivity contribution in [1.82, 2.24) is 9.97 Å². The van der Waals surface area contributed by atoms with Gasteiger partial charge in [-0.2, -0.15) is 0 Å². The number of carbonyl (C=O) groups excluding carboxylic acids is 2. The van der Waals surface area contributed by atoms with Gasteiger partial charge in [0.05, 0.1) is 18.4 Å².